The number of aromatic nitrogens is 3. The zero-order chi connectivity index (χ0) is 22.8. The van der Waals surface area contributed by atoms with Crippen LogP contribution in [0.1, 0.15) is 71.1 Å². The molecule has 0 unspecified atom stereocenters. The highest BCUT2D eigenvalue weighted by atomic mass is 32.1. The maximum atomic E-state index is 13.3. The SMILES string of the molecule is Cc1c(C(=O)Nc2nc(C3CCC3)c(CCN3CCCCC3)s2)cnn1-c1ccc(F)cc1. The smallest absolute Gasteiger partial charge is 0.260 e. The van der Waals surface area contributed by atoms with Crippen LogP contribution in [-0.4, -0.2) is 45.2 Å². The van der Waals surface area contributed by atoms with E-state index in [-0.39, 0.29) is 11.7 Å². The second-order valence-electron chi connectivity index (χ2n) is 9.09. The number of piperidine rings is 1. The van der Waals surface area contributed by atoms with Gasteiger partial charge in [0.25, 0.3) is 5.91 Å². The first kappa shape index (κ1) is 22.2. The Kier molecular flexibility index (Phi) is 6.55. The largest absolute Gasteiger partial charge is 0.303 e. The number of nitrogens with zero attached hydrogens (tertiary/aromatic N) is 4. The number of rotatable bonds is 7. The number of likely N-dealkylation sites (tertiary alicyclic amines) is 1. The van der Waals surface area contributed by atoms with Crippen molar-refractivity contribution in [3.63, 3.8) is 0 Å². The van der Waals surface area contributed by atoms with Gasteiger partial charge in [-0.05, 0) is 76.4 Å². The number of amides is 1. The lowest BCUT2D eigenvalue weighted by Crippen LogP contribution is -2.31. The van der Waals surface area contributed by atoms with E-state index in [9.17, 15) is 9.18 Å². The molecule has 0 bridgehead atoms. The van der Waals surface area contributed by atoms with E-state index in [1.807, 2.05) is 6.92 Å². The Bertz CT molecular complexity index is 1110. The second-order valence-corrected chi connectivity index (χ2v) is 10.2. The number of carbonyl (C=O) groups is 1. The van der Waals surface area contributed by atoms with Crippen molar-refractivity contribution in [3.8, 4) is 5.69 Å². The molecule has 1 saturated heterocycles. The molecule has 174 valence electrons. The molecule has 0 atom stereocenters. The van der Waals surface area contributed by atoms with Crippen molar-refractivity contribution in [1.29, 1.82) is 0 Å². The number of hydrogen-bond acceptors (Lipinski definition) is 5. The summed E-state index contributed by atoms with van der Waals surface area (Å²) in [5.41, 5.74) is 3.11. The van der Waals surface area contributed by atoms with Crippen molar-refractivity contribution in [2.45, 2.75) is 57.8 Å². The minimum absolute atomic E-state index is 0.211. The van der Waals surface area contributed by atoms with Crippen LogP contribution in [0.5, 0.6) is 0 Å². The molecule has 6 nitrogen and oxygen atoms in total. The Labute approximate surface area is 197 Å². The third kappa shape index (κ3) is 4.87. The summed E-state index contributed by atoms with van der Waals surface area (Å²) >= 11 is 1.62. The van der Waals surface area contributed by atoms with E-state index in [1.54, 1.807) is 34.3 Å². The predicted octanol–water partition coefficient (Wildman–Crippen LogP) is 5.32. The van der Waals surface area contributed by atoms with Gasteiger partial charge in [-0.2, -0.15) is 5.10 Å². The van der Waals surface area contributed by atoms with Crippen molar-refractivity contribution in [2.24, 2.45) is 0 Å². The fourth-order valence-corrected chi connectivity index (χ4v) is 5.71. The van der Waals surface area contributed by atoms with Crippen molar-refractivity contribution in [2.75, 3.05) is 25.0 Å². The van der Waals surface area contributed by atoms with Gasteiger partial charge in [0.1, 0.15) is 5.82 Å². The quantitative estimate of drug-likeness (QED) is 0.511. The lowest BCUT2D eigenvalue weighted by Gasteiger charge is -2.27. The second kappa shape index (κ2) is 9.73. The van der Waals surface area contributed by atoms with E-state index in [0.29, 0.717) is 22.3 Å². The lowest BCUT2D eigenvalue weighted by molar-refractivity contribution is 0.102. The van der Waals surface area contributed by atoms with Gasteiger partial charge < -0.3 is 4.90 Å². The van der Waals surface area contributed by atoms with Crippen molar-refractivity contribution < 1.29 is 9.18 Å². The number of nitrogens with one attached hydrogen (secondary N) is 1. The molecule has 1 aliphatic heterocycles. The Morgan fingerprint density at radius 2 is 1.91 bits per heavy atom. The van der Waals surface area contributed by atoms with Gasteiger partial charge in [0.15, 0.2) is 5.13 Å². The monoisotopic (exact) mass is 467 g/mol. The highest BCUT2D eigenvalue weighted by Crippen LogP contribution is 2.40. The molecular weight excluding hydrogens is 437 g/mol. The molecule has 1 N–H and O–H groups in total. The molecule has 0 spiro atoms. The van der Waals surface area contributed by atoms with Crippen LogP contribution in [-0.2, 0) is 6.42 Å². The van der Waals surface area contributed by atoms with Crippen LogP contribution in [0.3, 0.4) is 0 Å². The topological polar surface area (TPSA) is 63.1 Å². The molecule has 5 rings (SSSR count). The zero-order valence-corrected chi connectivity index (χ0v) is 19.8. The van der Waals surface area contributed by atoms with Gasteiger partial charge in [0.05, 0.1) is 28.8 Å². The number of halogens is 1. The molecule has 2 fully saturated rings. The van der Waals surface area contributed by atoms with Gasteiger partial charge in [-0.25, -0.2) is 14.1 Å². The Morgan fingerprint density at radius 3 is 2.61 bits per heavy atom. The molecule has 1 aliphatic carbocycles. The van der Waals surface area contributed by atoms with Gasteiger partial charge in [0, 0.05) is 17.3 Å². The maximum Gasteiger partial charge on any atom is 0.260 e. The third-order valence-corrected chi connectivity index (χ3v) is 7.92. The number of anilines is 1. The van der Waals surface area contributed by atoms with Gasteiger partial charge in [0.2, 0.25) is 0 Å². The summed E-state index contributed by atoms with van der Waals surface area (Å²) in [4.78, 5) is 21.8. The lowest BCUT2D eigenvalue weighted by atomic mass is 9.82. The third-order valence-electron chi connectivity index (χ3n) is 6.87. The summed E-state index contributed by atoms with van der Waals surface area (Å²) in [5.74, 6) is 0.0206. The molecule has 2 aliphatic rings. The molecular formula is C25H30FN5OS. The fourth-order valence-electron chi connectivity index (χ4n) is 4.68. The Morgan fingerprint density at radius 1 is 1.15 bits per heavy atom. The predicted molar refractivity (Wildman–Crippen MR) is 129 cm³/mol. The highest BCUT2D eigenvalue weighted by Gasteiger charge is 2.27. The summed E-state index contributed by atoms with van der Waals surface area (Å²) in [6.07, 6.45) is 10.1. The van der Waals surface area contributed by atoms with Crippen LogP contribution < -0.4 is 5.32 Å². The standard InChI is InChI=1S/C25H30FN5OS/c1-17-21(16-27-31(17)20-10-8-19(26)9-11-20)24(32)29-25-28-23(18-6-5-7-18)22(33-25)12-15-30-13-3-2-4-14-30/h8-11,16,18H,2-7,12-15H2,1H3,(H,28,29,32). The first-order valence-electron chi connectivity index (χ1n) is 11.9. The van der Waals surface area contributed by atoms with Crippen LogP contribution in [0.15, 0.2) is 30.5 Å². The summed E-state index contributed by atoms with van der Waals surface area (Å²) in [7, 11) is 0. The summed E-state index contributed by atoms with van der Waals surface area (Å²) in [6.45, 7) is 5.30. The summed E-state index contributed by atoms with van der Waals surface area (Å²) in [5, 5.41) is 8.03. The molecule has 3 heterocycles. The number of benzene rings is 1. The van der Waals surface area contributed by atoms with E-state index in [1.165, 1.54) is 74.3 Å². The van der Waals surface area contributed by atoms with E-state index in [2.05, 4.69) is 15.3 Å². The van der Waals surface area contributed by atoms with Crippen molar-refractivity contribution in [1.82, 2.24) is 19.7 Å². The summed E-state index contributed by atoms with van der Waals surface area (Å²) in [6, 6.07) is 6.08. The van der Waals surface area contributed by atoms with Gasteiger partial charge >= 0.3 is 0 Å². The van der Waals surface area contributed by atoms with E-state index in [4.69, 9.17) is 4.98 Å². The minimum atomic E-state index is -0.302. The molecule has 8 heteroatoms. The molecule has 0 radical (unpaired) electrons. The molecule has 1 amide bonds. The highest BCUT2D eigenvalue weighted by molar-refractivity contribution is 7.15. The average molecular weight is 468 g/mol. The van der Waals surface area contributed by atoms with Crippen LogP contribution >= 0.6 is 11.3 Å². The number of hydrogen-bond donors (Lipinski definition) is 1. The van der Waals surface area contributed by atoms with Crippen molar-refractivity contribution in [3.05, 3.63) is 58.1 Å². The number of carbonyl (C=O) groups excluding carboxylic acids is 1. The minimum Gasteiger partial charge on any atom is -0.303 e. The van der Waals surface area contributed by atoms with E-state index < -0.39 is 0 Å². The van der Waals surface area contributed by atoms with Gasteiger partial charge in [-0.15, -0.1) is 11.3 Å². The number of thiazole rings is 1. The first-order valence-corrected chi connectivity index (χ1v) is 12.7. The molecule has 1 saturated carbocycles. The Hall–Kier alpha value is -2.58. The Balaban J connectivity index is 1.31. The van der Waals surface area contributed by atoms with Gasteiger partial charge in [-0.3, -0.25) is 10.1 Å². The fraction of sp³-hybridized carbons (Fsp3) is 0.480. The van der Waals surface area contributed by atoms with Crippen LogP contribution in [0, 0.1) is 12.7 Å². The van der Waals surface area contributed by atoms with Gasteiger partial charge in [-0.1, -0.05) is 12.8 Å². The average Bonchev–Trinajstić information content (AvgIpc) is 3.35. The summed E-state index contributed by atoms with van der Waals surface area (Å²) < 4.78 is 14.9. The molecule has 33 heavy (non-hydrogen) atoms. The normalized spacial score (nSPS) is 17.2. The van der Waals surface area contributed by atoms with Crippen LogP contribution in [0.25, 0.3) is 5.69 Å². The molecule has 2 aromatic heterocycles. The van der Waals surface area contributed by atoms with Crippen LogP contribution in [0.2, 0.25) is 0 Å². The van der Waals surface area contributed by atoms with E-state index >= 15 is 0 Å². The first-order chi connectivity index (χ1) is 16.1. The zero-order valence-electron chi connectivity index (χ0n) is 19.0. The molecule has 3 aromatic rings. The van der Waals surface area contributed by atoms with E-state index in [0.717, 1.165) is 18.7 Å². The maximum absolute atomic E-state index is 13.3. The molecule has 1 aromatic carbocycles. The van der Waals surface area contributed by atoms with Crippen LogP contribution in [0.4, 0.5) is 9.52 Å². The van der Waals surface area contributed by atoms with Crippen molar-refractivity contribution >= 4 is 22.4 Å².